The number of benzene rings is 1. The Morgan fingerprint density at radius 3 is 2.68 bits per heavy atom. The van der Waals surface area contributed by atoms with Crippen molar-refractivity contribution in [2.24, 2.45) is 5.73 Å². The Balaban J connectivity index is 2.93. The molecular weight excluding hydrogens is 313 g/mol. The summed E-state index contributed by atoms with van der Waals surface area (Å²) < 4.78 is 24.1. The molecule has 0 saturated carbocycles. The molecule has 5 heteroatoms. The molecule has 1 aromatic carbocycles. The molecule has 0 saturated heterocycles. The van der Waals surface area contributed by atoms with Gasteiger partial charge in [0, 0.05) is 12.5 Å². The molecule has 0 spiro atoms. The maximum absolute atomic E-state index is 12.1. The molecule has 0 aliphatic carbocycles. The standard InChI is InChI=1S/C14H21BrFNO2/c1-3-18-13-9-11(7-10(2)17)8-12(15)14(13)19-6-4-5-16/h8-10H,3-7,17H2,1-2H3. The van der Waals surface area contributed by atoms with Gasteiger partial charge in [0.15, 0.2) is 11.5 Å². The highest BCUT2D eigenvalue weighted by Gasteiger charge is 2.13. The average Bonchev–Trinajstić information content (AvgIpc) is 2.32. The van der Waals surface area contributed by atoms with Gasteiger partial charge in [0.1, 0.15) is 0 Å². The lowest BCUT2D eigenvalue weighted by atomic mass is 10.1. The SMILES string of the molecule is CCOc1cc(CC(C)N)cc(Br)c1OCCCF. The van der Waals surface area contributed by atoms with Gasteiger partial charge < -0.3 is 15.2 Å². The Bertz CT molecular complexity index is 399. The van der Waals surface area contributed by atoms with Gasteiger partial charge in [-0.2, -0.15) is 0 Å². The summed E-state index contributed by atoms with van der Waals surface area (Å²) in [5.74, 6) is 1.30. The third-order valence-electron chi connectivity index (χ3n) is 2.45. The zero-order valence-electron chi connectivity index (χ0n) is 11.4. The normalized spacial score (nSPS) is 12.3. The van der Waals surface area contributed by atoms with E-state index in [0.29, 0.717) is 31.1 Å². The van der Waals surface area contributed by atoms with Gasteiger partial charge in [0.05, 0.1) is 24.4 Å². The van der Waals surface area contributed by atoms with Gasteiger partial charge in [0.2, 0.25) is 0 Å². The molecule has 0 heterocycles. The van der Waals surface area contributed by atoms with Crippen LogP contribution in [0, 0.1) is 0 Å². The van der Waals surface area contributed by atoms with Crippen molar-refractivity contribution >= 4 is 15.9 Å². The lowest BCUT2D eigenvalue weighted by Gasteiger charge is -2.16. The van der Waals surface area contributed by atoms with Gasteiger partial charge in [-0.05, 0) is 53.9 Å². The van der Waals surface area contributed by atoms with Crippen molar-refractivity contribution in [2.45, 2.75) is 32.7 Å². The summed E-state index contributed by atoms with van der Waals surface area (Å²) in [5.41, 5.74) is 6.89. The van der Waals surface area contributed by atoms with E-state index in [9.17, 15) is 4.39 Å². The molecule has 108 valence electrons. The van der Waals surface area contributed by atoms with Crippen molar-refractivity contribution in [3.8, 4) is 11.5 Å². The van der Waals surface area contributed by atoms with Crippen LogP contribution < -0.4 is 15.2 Å². The molecular formula is C14H21BrFNO2. The van der Waals surface area contributed by atoms with E-state index < -0.39 is 0 Å². The van der Waals surface area contributed by atoms with Gasteiger partial charge in [0.25, 0.3) is 0 Å². The molecule has 0 aliphatic rings. The summed E-state index contributed by atoms with van der Waals surface area (Å²) in [5, 5.41) is 0. The van der Waals surface area contributed by atoms with E-state index in [1.807, 2.05) is 26.0 Å². The van der Waals surface area contributed by atoms with Crippen LogP contribution in [0.4, 0.5) is 4.39 Å². The molecule has 0 fully saturated rings. The van der Waals surface area contributed by atoms with Crippen molar-refractivity contribution in [3.63, 3.8) is 0 Å². The predicted octanol–water partition coefficient (Wildman–Crippen LogP) is 3.48. The molecule has 0 radical (unpaired) electrons. The third-order valence-corrected chi connectivity index (χ3v) is 3.04. The van der Waals surface area contributed by atoms with E-state index in [-0.39, 0.29) is 12.7 Å². The topological polar surface area (TPSA) is 44.5 Å². The number of hydrogen-bond donors (Lipinski definition) is 1. The largest absolute Gasteiger partial charge is 0.490 e. The van der Waals surface area contributed by atoms with E-state index in [1.165, 1.54) is 0 Å². The third kappa shape index (κ3) is 5.37. The minimum Gasteiger partial charge on any atom is -0.490 e. The fourth-order valence-corrected chi connectivity index (χ4v) is 2.35. The molecule has 0 bridgehead atoms. The molecule has 2 N–H and O–H groups in total. The lowest BCUT2D eigenvalue weighted by Crippen LogP contribution is -2.17. The van der Waals surface area contributed by atoms with Crippen LogP contribution in [-0.2, 0) is 6.42 Å². The van der Waals surface area contributed by atoms with Crippen molar-refractivity contribution in [1.82, 2.24) is 0 Å². The zero-order valence-corrected chi connectivity index (χ0v) is 13.0. The highest BCUT2D eigenvalue weighted by atomic mass is 79.9. The summed E-state index contributed by atoms with van der Waals surface area (Å²) in [4.78, 5) is 0. The van der Waals surface area contributed by atoms with Gasteiger partial charge in [-0.25, -0.2) is 0 Å². The molecule has 1 aromatic rings. The zero-order chi connectivity index (χ0) is 14.3. The maximum atomic E-state index is 12.1. The van der Waals surface area contributed by atoms with Crippen LogP contribution >= 0.6 is 15.9 Å². The molecule has 3 nitrogen and oxygen atoms in total. The second kappa shape index (κ2) is 8.38. The van der Waals surface area contributed by atoms with Crippen molar-refractivity contribution in [3.05, 3.63) is 22.2 Å². The highest BCUT2D eigenvalue weighted by molar-refractivity contribution is 9.10. The van der Waals surface area contributed by atoms with Gasteiger partial charge in [-0.3, -0.25) is 4.39 Å². The Labute approximate surface area is 122 Å². The van der Waals surface area contributed by atoms with Gasteiger partial charge >= 0.3 is 0 Å². The number of ether oxygens (including phenoxy) is 2. The van der Waals surface area contributed by atoms with Crippen LogP contribution in [0.5, 0.6) is 11.5 Å². The van der Waals surface area contributed by atoms with E-state index in [0.717, 1.165) is 16.5 Å². The quantitative estimate of drug-likeness (QED) is 0.741. The minimum atomic E-state index is -0.385. The Morgan fingerprint density at radius 2 is 2.11 bits per heavy atom. The fraction of sp³-hybridized carbons (Fsp3) is 0.571. The summed E-state index contributed by atoms with van der Waals surface area (Å²) in [7, 11) is 0. The van der Waals surface area contributed by atoms with E-state index in [2.05, 4.69) is 15.9 Å². The van der Waals surface area contributed by atoms with Crippen LogP contribution in [0.1, 0.15) is 25.8 Å². The minimum absolute atomic E-state index is 0.0830. The van der Waals surface area contributed by atoms with Crippen molar-refractivity contribution in [2.75, 3.05) is 19.9 Å². The molecule has 0 aromatic heterocycles. The number of alkyl halides is 1. The van der Waals surface area contributed by atoms with E-state index in [1.54, 1.807) is 0 Å². The Hall–Kier alpha value is -0.810. The predicted molar refractivity (Wildman–Crippen MR) is 78.8 cm³/mol. The van der Waals surface area contributed by atoms with E-state index in [4.69, 9.17) is 15.2 Å². The molecule has 0 amide bonds. The molecule has 1 atom stereocenters. The molecule has 0 aliphatic heterocycles. The second-order valence-electron chi connectivity index (χ2n) is 4.41. The Morgan fingerprint density at radius 1 is 1.37 bits per heavy atom. The van der Waals surface area contributed by atoms with Crippen LogP contribution in [0.3, 0.4) is 0 Å². The van der Waals surface area contributed by atoms with Gasteiger partial charge in [-0.15, -0.1) is 0 Å². The maximum Gasteiger partial charge on any atom is 0.175 e. The van der Waals surface area contributed by atoms with Crippen LogP contribution in [0.25, 0.3) is 0 Å². The van der Waals surface area contributed by atoms with Gasteiger partial charge in [-0.1, -0.05) is 0 Å². The molecule has 1 unspecified atom stereocenters. The first-order valence-electron chi connectivity index (χ1n) is 6.48. The number of hydrogen-bond acceptors (Lipinski definition) is 3. The van der Waals surface area contributed by atoms with Crippen molar-refractivity contribution in [1.29, 1.82) is 0 Å². The van der Waals surface area contributed by atoms with E-state index >= 15 is 0 Å². The number of halogens is 2. The first-order valence-corrected chi connectivity index (χ1v) is 7.27. The van der Waals surface area contributed by atoms with Crippen LogP contribution in [0.15, 0.2) is 16.6 Å². The monoisotopic (exact) mass is 333 g/mol. The summed E-state index contributed by atoms with van der Waals surface area (Å²) >= 11 is 3.47. The summed E-state index contributed by atoms with van der Waals surface area (Å²) in [6.45, 7) is 4.37. The van der Waals surface area contributed by atoms with Crippen molar-refractivity contribution < 1.29 is 13.9 Å². The summed E-state index contributed by atoms with van der Waals surface area (Å²) in [6, 6.07) is 3.98. The lowest BCUT2D eigenvalue weighted by molar-refractivity contribution is 0.261. The first kappa shape index (κ1) is 16.2. The smallest absolute Gasteiger partial charge is 0.175 e. The molecule has 19 heavy (non-hydrogen) atoms. The average molecular weight is 334 g/mol. The second-order valence-corrected chi connectivity index (χ2v) is 5.26. The first-order chi connectivity index (χ1) is 9.08. The highest BCUT2D eigenvalue weighted by Crippen LogP contribution is 2.37. The molecule has 1 rings (SSSR count). The summed E-state index contributed by atoms with van der Waals surface area (Å²) in [6.07, 6.45) is 1.14. The van der Waals surface area contributed by atoms with Crippen LogP contribution in [0.2, 0.25) is 0 Å². The number of rotatable bonds is 8. The fourth-order valence-electron chi connectivity index (χ4n) is 1.74. The number of nitrogens with two attached hydrogens (primary N) is 1. The van der Waals surface area contributed by atoms with Crippen LogP contribution in [-0.4, -0.2) is 25.9 Å². The Kier molecular flexibility index (Phi) is 7.16.